The molecule has 0 fully saturated rings. The maximum atomic E-state index is 10.3. The van der Waals surface area contributed by atoms with E-state index in [0.29, 0.717) is 0 Å². The van der Waals surface area contributed by atoms with E-state index in [1.807, 2.05) is 36.4 Å². The van der Waals surface area contributed by atoms with Crippen molar-refractivity contribution in [3.05, 3.63) is 60.7 Å². The van der Waals surface area contributed by atoms with Gasteiger partial charge in [-0.05, 0) is 38.1 Å². The third-order valence-electron chi connectivity index (χ3n) is 3.02. The van der Waals surface area contributed by atoms with E-state index < -0.39 is 24.0 Å². The van der Waals surface area contributed by atoms with Crippen LogP contribution in [0.4, 0.5) is 11.4 Å². The van der Waals surface area contributed by atoms with E-state index in [4.69, 9.17) is 0 Å². The fraction of sp³-hybridized carbons (Fsp3) is 0.222. The molecule has 25 heavy (non-hydrogen) atoms. The minimum atomic E-state index is -1.10. The Balaban J connectivity index is 0.000000443. The van der Waals surface area contributed by atoms with Gasteiger partial charge in [-0.2, -0.15) is 0 Å². The van der Waals surface area contributed by atoms with E-state index in [1.54, 1.807) is 38.1 Å². The first-order chi connectivity index (χ1) is 11.4. The first kappa shape index (κ1) is 22.6. The number of carbonyl (C=O) groups excluding carboxylic acids is 2. The Morgan fingerprint density at radius 3 is 1.24 bits per heavy atom. The van der Waals surface area contributed by atoms with Crippen molar-refractivity contribution in [1.29, 1.82) is 0 Å². The second kappa shape index (κ2) is 12.0. The SMILES string of the molecule is C[C@H](Nc1ccccc1)C(=O)[O-].C[C@H](Nc1ccccc1)C(=O)[O-].[Zn+2]. The molecular weight excluding hydrogens is 374 g/mol. The third-order valence-corrected chi connectivity index (χ3v) is 3.02. The topological polar surface area (TPSA) is 104 Å². The Labute approximate surface area is 160 Å². The standard InChI is InChI=1S/2C9H11NO2.Zn/c2*1-7(9(11)12)10-8-5-3-2-4-6-8;/h2*2-7,10H,1H3,(H,11,12);/q;;+2/p-2/t2*7-;/m00./s1. The van der Waals surface area contributed by atoms with Gasteiger partial charge in [-0.3, -0.25) is 0 Å². The van der Waals surface area contributed by atoms with Gasteiger partial charge in [0.25, 0.3) is 0 Å². The van der Waals surface area contributed by atoms with Crippen LogP contribution < -0.4 is 20.8 Å². The summed E-state index contributed by atoms with van der Waals surface area (Å²) in [5.41, 5.74) is 1.57. The maximum absolute atomic E-state index is 10.3. The number of benzene rings is 2. The molecule has 0 aliphatic rings. The number of anilines is 2. The molecule has 2 N–H and O–H groups in total. The Kier molecular flexibility index (Phi) is 10.9. The zero-order chi connectivity index (χ0) is 17.9. The molecule has 0 spiro atoms. The molecule has 0 saturated carbocycles. The van der Waals surface area contributed by atoms with E-state index in [2.05, 4.69) is 10.6 Å². The minimum absolute atomic E-state index is 0. The van der Waals surface area contributed by atoms with E-state index in [9.17, 15) is 19.8 Å². The van der Waals surface area contributed by atoms with Crippen LogP contribution in [0.3, 0.4) is 0 Å². The maximum Gasteiger partial charge on any atom is 2.00 e. The Morgan fingerprint density at radius 2 is 1.00 bits per heavy atom. The van der Waals surface area contributed by atoms with Crippen LogP contribution in [0.1, 0.15) is 13.8 Å². The fourth-order valence-corrected chi connectivity index (χ4v) is 1.69. The van der Waals surface area contributed by atoms with Crippen molar-refractivity contribution < 1.29 is 39.3 Å². The molecule has 0 aromatic heterocycles. The van der Waals surface area contributed by atoms with Crippen LogP contribution in [0, 0.1) is 0 Å². The molecule has 0 radical (unpaired) electrons. The number of hydrogen-bond acceptors (Lipinski definition) is 6. The fourth-order valence-electron chi connectivity index (χ4n) is 1.69. The minimum Gasteiger partial charge on any atom is -0.548 e. The normalized spacial score (nSPS) is 11.6. The molecule has 7 heteroatoms. The third kappa shape index (κ3) is 9.47. The summed E-state index contributed by atoms with van der Waals surface area (Å²) >= 11 is 0. The Bertz CT molecular complexity index is 581. The van der Waals surface area contributed by atoms with Crippen LogP contribution in [0.5, 0.6) is 0 Å². The summed E-state index contributed by atoms with van der Waals surface area (Å²) in [5.74, 6) is -2.20. The molecule has 0 bridgehead atoms. The monoisotopic (exact) mass is 392 g/mol. The molecule has 0 aliphatic carbocycles. The number of hydrogen-bond donors (Lipinski definition) is 2. The summed E-state index contributed by atoms with van der Waals surface area (Å²) in [7, 11) is 0. The van der Waals surface area contributed by atoms with Crippen LogP contribution in [0.15, 0.2) is 60.7 Å². The smallest absolute Gasteiger partial charge is 0.548 e. The number of nitrogens with one attached hydrogen (secondary N) is 2. The number of para-hydroxylation sites is 2. The van der Waals surface area contributed by atoms with E-state index in [-0.39, 0.29) is 19.5 Å². The zero-order valence-corrected chi connectivity index (χ0v) is 17.2. The number of aliphatic carboxylic acids is 2. The zero-order valence-electron chi connectivity index (χ0n) is 14.3. The van der Waals surface area contributed by atoms with Crippen molar-refractivity contribution in [1.82, 2.24) is 0 Å². The largest absolute Gasteiger partial charge is 2.00 e. The number of carbonyl (C=O) groups is 2. The van der Waals surface area contributed by atoms with Crippen LogP contribution in [-0.2, 0) is 29.1 Å². The first-order valence-corrected chi connectivity index (χ1v) is 7.45. The molecule has 0 saturated heterocycles. The van der Waals surface area contributed by atoms with Gasteiger partial charge in [-0.25, -0.2) is 0 Å². The van der Waals surface area contributed by atoms with Crippen molar-refractivity contribution in [2.45, 2.75) is 25.9 Å². The summed E-state index contributed by atoms with van der Waals surface area (Å²) in [4.78, 5) is 20.7. The van der Waals surface area contributed by atoms with E-state index in [0.717, 1.165) is 11.4 Å². The molecular formula is C18H20N2O4Zn. The van der Waals surface area contributed by atoms with Gasteiger partial charge in [0.05, 0.1) is 24.0 Å². The number of carboxylic acids is 2. The summed E-state index contributed by atoms with van der Waals surface area (Å²) in [5, 5.41) is 26.2. The quantitative estimate of drug-likeness (QED) is 0.691. The molecule has 6 nitrogen and oxygen atoms in total. The number of rotatable bonds is 6. The van der Waals surface area contributed by atoms with Gasteiger partial charge >= 0.3 is 19.5 Å². The summed E-state index contributed by atoms with van der Waals surface area (Å²) in [6.45, 7) is 3.09. The Morgan fingerprint density at radius 1 is 0.720 bits per heavy atom. The average molecular weight is 394 g/mol. The van der Waals surface area contributed by atoms with Gasteiger partial charge in [0, 0.05) is 11.4 Å². The average Bonchev–Trinajstić information content (AvgIpc) is 2.57. The summed E-state index contributed by atoms with van der Waals surface area (Å²) in [6, 6.07) is 17.0. The molecule has 0 aliphatic heterocycles. The molecule has 2 aromatic carbocycles. The van der Waals surface area contributed by atoms with Gasteiger partial charge in [0.15, 0.2) is 0 Å². The van der Waals surface area contributed by atoms with E-state index >= 15 is 0 Å². The van der Waals surface area contributed by atoms with Crippen molar-refractivity contribution in [2.75, 3.05) is 10.6 Å². The van der Waals surface area contributed by atoms with Crippen molar-refractivity contribution in [3.8, 4) is 0 Å². The van der Waals surface area contributed by atoms with E-state index in [1.165, 1.54) is 0 Å². The predicted molar refractivity (Wildman–Crippen MR) is 89.1 cm³/mol. The molecule has 128 valence electrons. The van der Waals surface area contributed by atoms with Crippen molar-refractivity contribution in [2.24, 2.45) is 0 Å². The molecule has 0 unspecified atom stereocenters. The number of carboxylic acid groups (broad SMARTS) is 2. The van der Waals surface area contributed by atoms with Gasteiger partial charge in [0.1, 0.15) is 0 Å². The predicted octanol–water partition coefficient (Wildman–Crippen LogP) is 0.471. The van der Waals surface area contributed by atoms with Crippen LogP contribution >= 0.6 is 0 Å². The molecule has 2 rings (SSSR count). The summed E-state index contributed by atoms with van der Waals surface area (Å²) in [6.07, 6.45) is 0. The van der Waals surface area contributed by atoms with Crippen LogP contribution in [0.2, 0.25) is 0 Å². The second-order valence-corrected chi connectivity index (χ2v) is 5.10. The first-order valence-electron chi connectivity index (χ1n) is 7.45. The second-order valence-electron chi connectivity index (χ2n) is 5.10. The van der Waals surface area contributed by atoms with Gasteiger partial charge < -0.3 is 30.4 Å². The van der Waals surface area contributed by atoms with Crippen molar-refractivity contribution >= 4 is 23.3 Å². The van der Waals surface area contributed by atoms with Crippen LogP contribution in [-0.4, -0.2) is 24.0 Å². The molecule has 2 aromatic rings. The molecule has 0 amide bonds. The Hall–Kier alpha value is -2.40. The van der Waals surface area contributed by atoms with Crippen molar-refractivity contribution in [3.63, 3.8) is 0 Å². The summed E-state index contributed by atoms with van der Waals surface area (Å²) < 4.78 is 0. The van der Waals surface area contributed by atoms with Gasteiger partial charge in [-0.1, -0.05) is 36.4 Å². The molecule has 2 atom stereocenters. The van der Waals surface area contributed by atoms with Gasteiger partial charge in [0.2, 0.25) is 0 Å². The van der Waals surface area contributed by atoms with Gasteiger partial charge in [-0.15, -0.1) is 0 Å². The molecule has 0 heterocycles. The van der Waals surface area contributed by atoms with Crippen LogP contribution in [0.25, 0.3) is 0 Å².